The Morgan fingerprint density at radius 2 is 2.22 bits per heavy atom. The molecule has 3 rings (SSSR count). The van der Waals surface area contributed by atoms with Crippen LogP contribution in [0.1, 0.15) is 30.6 Å². The fraction of sp³-hybridized carbons (Fsp3) is 0.615. The van der Waals surface area contributed by atoms with Gasteiger partial charge in [-0.05, 0) is 24.3 Å². The van der Waals surface area contributed by atoms with Crippen molar-refractivity contribution in [1.82, 2.24) is 10.2 Å². The first-order valence-electron chi connectivity index (χ1n) is 6.48. The number of piperazine rings is 1. The van der Waals surface area contributed by atoms with Gasteiger partial charge in [0.15, 0.2) is 0 Å². The van der Waals surface area contributed by atoms with Gasteiger partial charge >= 0.3 is 0 Å². The summed E-state index contributed by atoms with van der Waals surface area (Å²) < 4.78 is 0. The Kier molecular flexibility index (Phi) is 3.34. The van der Waals surface area contributed by atoms with E-state index in [4.69, 9.17) is 11.6 Å². The Hall–Kier alpha value is -0.580. The van der Waals surface area contributed by atoms with E-state index in [1.807, 2.05) is 11.4 Å². The Morgan fingerprint density at radius 1 is 1.44 bits per heavy atom. The lowest BCUT2D eigenvalue weighted by Crippen LogP contribution is -2.63. The molecule has 5 heteroatoms. The summed E-state index contributed by atoms with van der Waals surface area (Å²) in [6.45, 7) is 2.49. The van der Waals surface area contributed by atoms with Gasteiger partial charge in [0.25, 0.3) is 0 Å². The molecular formula is C13H17ClN2OS. The van der Waals surface area contributed by atoms with Gasteiger partial charge in [0.1, 0.15) is 5.54 Å². The van der Waals surface area contributed by atoms with Gasteiger partial charge < -0.3 is 5.32 Å². The Labute approximate surface area is 116 Å². The molecule has 0 radical (unpaired) electrons. The number of carbonyl (C=O) groups excluding carboxylic acids is 1. The van der Waals surface area contributed by atoms with Crippen LogP contribution in [0.5, 0.6) is 0 Å². The maximum absolute atomic E-state index is 12.3. The zero-order chi connectivity index (χ0) is 12.6. The predicted octanol–water partition coefficient (Wildman–Crippen LogP) is 2.65. The van der Waals surface area contributed by atoms with Gasteiger partial charge in [0.2, 0.25) is 5.91 Å². The maximum atomic E-state index is 12.3. The number of nitrogens with one attached hydrogen (secondary N) is 1. The molecule has 3 nitrogen and oxygen atoms in total. The molecule has 1 amide bonds. The molecule has 0 aromatic carbocycles. The van der Waals surface area contributed by atoms with E-state index in [-0.39, 0.29) is 11.4 Å². The number of amides is 1. The second-order valence-electron chi connectivity index (χ2n) is 5.11. The van der Waals surface area contributed by atoms with Crippen LogP contribution in [0.4, 0.5) is 0 Å². The number of carbonyl (C=O) groups is 1. The molecule has 2 heterocycles. The summed E-state index contributed by atoms with van der Waals surface area (Å²) in [6, 6.07) is 1.94. The summed E-state index contributed by atoms with van der Waals surface area (Å²) in [5, 5.41) is 5.88. The summed E-state index contributed by atoms with van der Waals surface area (Å²) >= 11 is 7.85. The maximum Gasteiger partial charge on any atom is 0.240 e. The minimum absolute atomic E-state index is 0.221. The van der Waals surface area contributed by atoms with Gasteiger partial charge in [-0.3, -0.25) is 9.69 Å². The van der Waals surface area contributed by atoms with E-state index in [1.165, 1.54) is 4.88 Å². The average molecular weight is 285 g/mol. The summed E-state index contributed by atoms with van der Waals surface area (Å²) in [4.78, 5) is 15.8. The number of nitrogens with zero attached hydrogens (tertiary/aromatic N) is 1. The molecular weight excluding hydrogens is 268 g/mol. The highest BCUT2D eigenvalue weighted by Crippen LogP contribution is 2.38. The second-order valence-corrected chi connectivity index (χ2v) is 6.52. The van der Waals surface area contributed by atoms with Gasteiger partial charge in [-0.1, -0.05) is 24.4 Å². The molecule has 1 saturated carbocycles. The molecule has 0 atom stereocenters. The third-order valence-corrected chi connectivity index (χ3v) is 5.52. The second kappa shape index (κ2) is 4.83. The molecule has 1 aliphatic carbocycles. The molecule has 0 bridgehead atoms. The first-order chi connectivity index (χ1) is 8.72. The summed E-state index contributed by atoms with van der Waals surface area (Å²) in [6.07, 6.45) is 4.29. The zero-order valence-corrected chi connectivity index (χ0v) is 11.8. The number of thiophene rings is 1. The van der Waals surface area contributed by atoms with Crippen molar-refractivity contribution < 1.29 is 4.79 Å². The van der Waals surface area contributed by atoms with Crippen molar-refractivity contribution in [2.75, 3.05) is 13.1 Å². The molecule has 1 saturated heterocycles. The molecule has 18 heavy (non-hydrogen) atoms. The third kappa shape index (κ3) is 1.96. The lowest BCUT2D eigenvalue weighted by Gasteiger charge is -2.43. The van der Waals surface area contributed by atoms with E-state index < -0.39 is 0 Å². The van der Waals surface area contributed by atoms with E-state index in [0.29, 0.717) is 0 Å². The van der Waals surface area contributed by atoms with Crippen molar-refractivity contribution in [1.29, 1.82) is 0 Å². The van der Waals surface area contributed by atoms with Crippen LogP contribution in [-0.2, 0) is 11.3 Å². The molecule has 1 aromatic heterocycles. The highest BCUT2D eigenvalue weighted by atomic mass is 35.5. The normalized spacial score (nSPS) is 23.5. The topological polar surface area (TPSA) is 32.3 Å². The highest BCUT2D eigenvalue weighted by molar-refractivity contribution is 7.10. The first-order valence-corrected chi connectivity index (χ1v) is 7.73. The van der Waals surface area contributed by atoms with Crippen LogP contribution in [0.15, 0.2) is 11.4 Å². The summed E-state index contributed by atoms with van der Waals surface area (Å²) in [5.74, 6) is 0.221. The number of hydrogen-bond acceptors (Lipinski definition) is 3. The number of halogens is 1. The number of hydrogen-bond donors (Lipinski definition) is 1. The molecule has 2 fully saturated rings. The van der Waals surface area contributed by atoms with E-state index in [0.717, 1.165) is 50.3 Å². The minimum atomic E-state index is -0.258. The smallest absolute Gasteiger partial charge is 0.240 e. The van der Waals surface area contributed by atoms with Crippen LogP contribution in [0.3, 0.4) is 0 Å². The highest BCUT2D eigenvalue weighted by Gasteiger charge is 2.47. The zero-order valence-electron chi connectivity index (χ0n) is 10.2. The molecule has 98 valence electrons. The SMILES string of the molecule is O=C1NCCN(Cc2sccc2Cl)C12CCCC2. The molecule has 1 N–H and O–H groups in total. The fourth-order valence-corrected chi connectivity index (χ4v) is 4.28. The van der Waals surface area contributed by atoms with Crippen LogP contribution in [0.25, 0.3) is 0 Å². The quantitative estimate of drug-likeness (QED) is 0.905. The Morgan fingerprint density at radius 3 is 2.89 bits per heavy atom. The van der Waals surface area contributed by atoms with Crippen molar-refractivity contribution >= 4 is 28.8 Å². The van der Waals surface area contributed by atoms with E-state index in [2.05, 4.69) is 10.2 Å². The van der Waals surface area contributed by atoms with Crippen LogP contribution < -0.4 is 5.32 Å². The van der Waals surface area contributed by atoms with Gasteiger partial charge in [0.05, 0.1) is 5.02 Å². The molecule has 0 unspecified atom stereocenters. The van der Waals surface area contributed by atoms with Crippen molar-refractivity contribution in [2.45, 2.75) is 37.8 Å². The van der Waals surface area contributed by atoms with Crippen LogP contribution in [0.2, 0.25) is 5.02 Å². The monoisotopic (exact) mass is 284 g/mol. The molecule has 1 aliphatic heterocycles. The largest absolute Gasteiger partial charge is 0.353 e. The Bertz CT molecular complexity index is 454. The third-order valence-electron chi connectivity index (χ3n) is 4.15. The van der Waals surface area contributed by atoms with E-state index in [9.17, 15) is 4.79 Å². The van der Waals surface area contributed by atoms with Crippen LogP contribution in [-0.4, -0.2) is 29.4 Å². The van der Waals surface area contributed by atoms with Crippen molar-refractivity contribution in [3.63, 3.8) is 0 Å². The minimum Gasteiger partial charge on any atom is -0.353 e. The Balaban J connectivity index is 1.85. The van der Waals surface area contributed by atoms with Crippen molar-refractivity contribution in [3.05, 3.63) is 21.3 Å². The molecule has 1 aromatic rings. The van der Waals surface area contributed by atoms with Gasteiger partial charge in [-0.25, -0.2) is 0 Å². The van der Waals surface area contributed by atoms with E-state index in [1.54, 1.807) is 11.3 Å². The van der Waals surface area contributed by atoms with Crippen LogP contribution >= 0.6 is 22.9 Å². The van der Waals surface area contributed by atoms with Gasteiger partial charge in [-0.15, -0.1) is 11.3 Å². The van der Waals surface area contributed by atoms with E-state index >= 15 is 0 Å². The summed E-state index contributed by atoms with van der Waals surface area (Å²) in [7, 11) is 0. The number of rotatable bonds is 2. The lowest BCUT2D eigenvalue weighted by molar-refractivity contribution is -0.137. The van der Waals surface area contributed by atoms with Gasteiger partial charge in [-0.2, -0.15) is 0 Å². The van der Waals surface area contributed by atoms with Gasteiger partial charge in [0, 0.05) is 24.5 Å². The lowest BCUT2D eigenvalue weighted by atomic mass is 9.91. The van der Waals surface area contributed by atoms with Crippen molar-refractivity contribution in [2.24, 2.45) is 0 Å². The van der Waals surface area contributed by atoms with Crippen molar-refractivity contribution in [3.8, 4) is 0 Å². The van der Waals surface area contributed by atoms with Crippen LogP contribution in [0, 0.1) is 0 Å². The summed E-state index contributed by atoms with van der Waals surface area (Å²) in [5.41, 5.74) is -0.258. The predicted molar refractivity (Wildman–Crippen MR) is 73.9 cm³/mol. The molecule has 1 spiro atoms. The standard InChI is InChI=1S/C13H17ClN2OS/c14-10-3-8-18-11(10)9-16-7-6-15-12(17)13(16)4-1-2-5-13/h3,8H,1-2,4-7,9H2,(H,15,17). The first kappa shape index (κ1) is 12.5. The average Bonchev–Trinajstić information content (AvgIpc) is 2.97. The molecule has 2 aliphatic rings. The fourth-order valence-electron chi connectivity index (χ4n) is 3.17.